The van der Waals surface area contributed by atoms with Crippen LogP contribution in [0.15, 0.2) is 0 Å². The van der Waals surface area contributed by atoms with Gasteiger partial charge in [0.2, 0.25) is 0 Å². The molecule has 1 aliphatic rings. The molecule has 80 valence electrons. The Morgan fingerprint density at radius 1 is 0.769 bits per heavy atom. The molecule has 1 saturated heterocycles. The van der Waals surface area contributed by atoms with Crippen LogP contribution in [-0.2, 0) is 0 Å². The average Bonchev–Trinajstić information content (AvgIpc) is 2.22. The van der Waals surface area contributed by atoms with Crippen LogP contribution in [0, 0.1) is 0 Å². The zero-order chi connectivity index (χ0) is 9.78. The zero-order valence-corrected chi connectivity index (χ0v) is 9.57. The van der Waals surface area contributed by atoms with Crippen molar-refractivity contribution in [3.63, 3.8) is 0 Å². The van der Waals surface area contributed by atoms with E-state index in [0.717, 1.165) is 0 Å². The highest BCUT2D eigenvalue weighted by Gasteiger charge is 1.93. The van der Waals surface area contributed by atoms with E-state index >= 15 is 0 Å². The molecule has 0 radical (unpaired) electrons. The first kappa shape index (κ1) is 13.0. The molecule has 0 amide bonds. The Morgan fingerprint density at radius 3 is 1.54 bits per heavy atom. The number of hydrogen-bond donors (Lipinski definition) is 1. The third-order valence-corrected chi connectivity index (χ3v) is 2.41. The number of piperidine rings is 1. The number of unbranched alkanes of at least 4 members (excludes halogenated alkanes) is 4. The maximum absolute atomic E-state index is 3.28. The summed E-state index contributed by atoms with van der Waals surface area (Å²) in [6.07, 6.45) is 11.2. The Kier molecular flexibility index (Phi) is 11.9. The van der Waals surface area contributed by atoms with E-state index in [1.807, 2.05) is 0 Å². The smallest absolute Gasteiger partial charge is 0.00489 e. The molecule has 1 rings (SSSR count). The van der Waals surface area contributed by atoms with Crippen LogP contribution in [0.2, 0.25) is 0 Å². The van der Waals surface area contributed by atoms with Gasteiger partial charge in [-0.1, -0.05) is 52.4 Å². The second kappa shape index (κ2) is 12.0. The second-order valence-corrected chi connectivity index (χ2v) is 3.87. The van der Waals surface area contributed by atoms with Gasteiger partial charge in [-0.05, 0) is 25.9 Å². The quantitative estimate of drug-likeness (QED) is 0.658. The molecule has 13 heavy (non-hydrogen) atoms. The number of nitrogens with one attached hydrogen (secondary N) is 1. The topological polar surface area (TPSA) is 12.0 Å². The Morgan fingerprint density at radius 2 is 1.31 bits per heavy atom. The Bertz CT molecular complexity index is 61.7. The van der Waals surface area contributed by atoms with E-state index in [4.69, 9.17) is 0 Å². The fourth-order valence-electron chi connectivity index (χ4n) is 1.48. The highest BCUT2D eigenvalue weighted by atomic mass is 14.9. The van der Waals surface area contributed by atoms with Crippen LogP contribution >= 0.6 is 0 Å². The van der Waals surface area contributed by atoms with Crippen molar-refractivity contribution in [2.75, 3.05) is 13.1 Å². The SMILES string of the molecule is C1CCNCC1.CCCCCCC. The molecule has 0 spiro atoms. The van der Waals surface area contributed by atoms with E-state index in [1.165, 1.54) is 64.5 Å². The zero-order valence-electron chi connectivity index (χ0n) is 9.57. The number of rotatable bonds is 4. The molecule has 1 fully saturated rings. The first-order valence-corrected chi connectivity index (χ1v) is 6.12. The van der Waals surface area contributed by atoms with Crippen LogP contribution in [-0.4, -0.2) is 13.1 Å². The lowest BCUT2D eigenvalue weighted by Gasteiger charge is -2.08. The Balaban J connectivity index is 0.000000223. The first-order chi connectivity index (χ1) is 6.41. The minimum Gasteiger partial charge on any atom is -0.317 e. The van der Waals surface area contributed by atoms with E-state index in [1.54, 1.807) is 0 Å². The van der Waals surface area contributed by atoms with Gasteiger partial charge in [0.1, 0.15) is 0 Å². The Hall–Kier alpha value is -0.0400. The molecule has 1 nitrogen and oxygen atoms in total. The first-order valence-electron chi connectivity index (χ1n) is 6.12. The molecule has 0 aromatic heterocycles. The van der Waals surface area contributed by atoms with Crippen LogP contribution in [0.3, 0.4) is 0 Å². The fraction of sp³-hybridized carbons (Fsp3) is 1.00. The van der Waals surface area contributed by atoms with Crippen LogP contribution in [0.4, 0.5) is 0 Å². The third kappa shape index (κ3) is 12.0. The van der Waals surface area contributed by atoms with E-state index < -0.39 is 0 Å². The van der Waals surface area contributed by atoms with Gasteiger partial charge >= 0.3 is 0 Å². The lowest BCUT2D eigenvalue weighted by atomic mass is 10.2. The molecule has 1 N–H and O–H groups in total. The summed E-state index contributed by atoms with van der Waals surface area (Å²) in [5.74, 6) is 0. The van der Waals surface area contributed by atoms with E-state index in [9.17, 15) is 0 Å². The van der Waals surface area contributed by atoms with E-state index in [-0.39, 0.29) is 0 Å². The molecule has 1 heterocycles. The fourth-order valence-corrected chi connectivity index (χ4v) is 1.48. The van der Waals surface area contributed by atoms with Gasteiger partial charge in [0.15, 0.2) is 0 Å². The molecular weight excluding hydrogens is 158 g/mol. The Labute approximate surface area is 84.3 Å². The summed E-state index contributed by atoms with van der Waals surface area (Å²) in [6, 6.07) is 0. The van der Waals surface area contributed by atoms with Crippen molar-refractivity contribution >= 4 is 0 Å². The van der Waals surface area contributed by atoms with Gasteiger partial charge in [0.25, 0.3) is 0 Å². The highest BCUT2D eigenvalue weighted by Crippen LogP contribution is 2.00. The van der Waals surface area contributed by atoms with E-state index in [0.29, 0.717) is 0 Å². The summed E-state index contributed by atoms with van der Waals surface area (Å²) < 4.78 is 0. The molecule has 0 unspecified atom stereocenters. The molecule has 0 atom stereocenters. The largest absolute Gasteiger partial charge is 0.317 e. The van der Waals surface area contributed by atoms with Crippen LogP contribution in [0.5, 0.6) is 0 Å². The summed E-state index contributed by atoms with van der Waals surface area (Å²) in [4.78, 5) is 0. The monoisotopic (exact) mass is 185 g/mol. The minimum atomic E-state index is 1.25. The second-order valence-electron chi connectivity index (χ2n) is 3.87. The normalized spacial score (nSPS) is 16.2. The van der Waals surface area contributed by atoms with Crippen LogP contribution in [0.25, 0.3) is 0 Å². The molecule has 0 saturated carbocycles. The van der Waals surface area contributed by atoms with Crippen molar-refractivity contribution in [1.82, 2.24) is 5.32 Å². The van der Waals surface area contributed by atoms with Gasteiger partial charge in [-0.3, -0.25) is 0 Å². The van der Waals surface area contributed by atoms with Crippen molar-refractivity contribution in [3.05, 3.63) is 0 Å². The molecule has 1 heteroatoms. The summed E-state index contributed by atoms with van der Waals surface area (Å²) in [5.41, 5.74) is 0. The van der Waals surface area contributed by atoms with Crippen molar-refractivity contribution in [2.24, 2.45) is 0 Å². The molecule has 1 aliphatic heterocycles. The third-order valence-electron chi connectivity index (χ3n) is 2.41. The molecule has 0 aromatic carbocycles. The lowest BCUT2D eigenvalue weighted by Crippen LogP contribution is -2.21. The van der Waals surface area contributed by atoms with Gasteiger partial charge in [-0.25, -0.2) is 0 Å². The average molecular weight is 185 g/mol. The predicted molar refractivity (Wildman–Crippen MR) is 61.2 cm³/mol. The maximum Gasteiger partial charge on any atom is -0.00489 e. The standard InChI is InChI=1S/C7H16.C5H11N/c1-3-5-7-6-4-2;1-2-4-6-5-3-1/h3-7H2,1-2H3;6H,1-5H2. The lowest BCUT2D eigenvalue weighted by molar-refractivity contribution is 0.520. The predicted octanol–water partition coefficient (Wildman–Crippen LogP) is 3.74. The van der Waals surface area contributed by atoms with Crippen LogP contribution in [0.1, 0.15) is 65.2 Å². The van der Waals surface area contributed by atoms with Gasteiger partial charge in [-0.2, -0.15) is 0 Å². The van der Waals surface area contributed by atoms with Crippen molar-refractivity contribution in [2.45, 2.75) is 65.2 Å². The summed E-state index contributed by atoms with van der Waals surface area (Å²) >= 11 is 0. The summed E-state index contributed by atoms with van der Waals surface area (Å²) in [7, 11) is 0. The minimum absolute atomic E-state index is 1.25. The van der Waals surface area contributed by atoms with Gasteiger partial charge in [0.05, 0.1) is 0 Å². The van der Waals surface area contributed by atoms with Crippen molar-refractivity contribution < 1.29 is 0 Å². The number of hydrogen-bond acceptors (Lipinski definition) is 1. The molecular formula is C12H27N. The maximum atomic E-state index is 3.28. The summed E-state index contributed by atoms with van der Waals surface area (Å²) in [6.45, 7) is 6.99. The van der Waals surface area contributed by atoms with Gasteiger partial charge in [0, 0.05) is 0 Å². The van der Waals surface area contributed by atoms with E-state index in [2.05, 4.69) is 19.2 Å². The molecule has 0 bridgehead atoms. The highest BCUT2D eigenvalue weighted by molar-refractivity contribution is 4.55. The summed E-state index contributed by atoms with van der Waals surface area (Å²) in [5, 5.41) is 3.28. The molecule has 0 aromatic rings. The molecule has 0 aliphatic carbocycles. The van der Waals surface area contributed by atoms with Crippen LogP contribution < -0.4 is 5.32 Å². The van der Waals surface area contributed by atoms with Gasteiger partial charge < -0.3 is 5.32 Å². The van der Waals surface area contributed by atoms with Gasteiger partial charge in [-0.15, -0.1) is 0 Å². The van der Waals surface area contributed by atoms with Crippen molar-refractivity contribution in [3.8, 4) is 0 Å². The van der Waals surface area contributed by atoms with Crippen molar-refractivity contribution in [1.29, 1.82) is 0 Å².